The Kier molecular flexibility index (Phi) is 6.90. The van der Waals surface area contributed by atoms with Gasteiger partial charge in [-0.25, -0.2) is 0 Å². The number of carbonyl (C=O) groups is 1. The Bertz CT molecular complexity index is 772. The van der Waals surface area contributed by atoms with Gasteiger partial charge in [0.05, 0.1) is 4.75 Å². The Hall–Kier alpha value is -2.56. The predicted octanol–water partition coefficient (Wildman–Crippen LogP) is 4.90. The highest BCUT2D eigenvalue weighted by Gasteiger charge is 2.36. The SMILES string of the molecule is NC(CCCSC(c1ccccc1)(c1ccccc1)c1ccccc1)C(=O)O. The van der Waals surface area contributed by atoms with Crippen LogP contribution in [0.4, 0.5) is 0 Å². The number of hydrogen-bond donors (Lipinski definition) is 2. The summed E-state index contributed by atoms with van der Waals surface area (Å²) in [6.45, 7) is 0. The van der Waals surface area contributed by atoms with E-state index < -0.39 is 12.0 Å². The largest absolute Gasteiger partial charge is 0.480 e. The van der Waals surface area contributed by atoms with E-state index in [9.17, 15) is 4.79 Å². The van der Waals surface area contributed by atoms with Gasteiger partial charge in [0.25, 0.3) is 0 Å². The van der Waals surface area contributed by atoms with Gasteiger partial charge in [0.15, 0.2) is 0 Å². The maximum atomic E-state index is 11.0. The molecule has 144 valence electrons. The first kappa shape index (κ1) is 20.2. The minimum Gasteiger partial charge on any atom is -0.480 e. The summed E-state index contributed by atoms with van der Waals surface area (Å²) in [6.07, 6.45) is 1.21. The molecule has 0 aliphatic heterocycles. The van der Waals surface area contributed by atoms with Gasteiger partial charge in [-0.2, -0.15) is 0 Å². The van der Waals surface area contributed by atoms with E-state index in [-0.39, 0.29) is 4.75 Å². The Morgan fingerprint density at radius 2 is 1.21 bits per heavy atom. The molecule has 4 heteroatoms. The van der Waals surface area contributed by atoms with Crippen molar-refractivity contribution >= 4 is 17.7 Å². The van der Waals surface area contributed by atoms with Crippen LogP contribution in [0.5, 0.6) is 0 Å². The molecule has 0 aliphatic rings. The lowest BCUT2D eigenvalue weighted by molar-refractivity contribution is -0.138. The summed E-state index contributed by atoms with van der Waals surface area (Å²) >= 11 is 1.83. The Morgan fingerprint density at radius 1 is 0.821 bits per heavy atom. The van der Waals surface area contributed by atoms with Gasteiger partial charge in [0, 0.05) is 0 Å². The summed E-state index contributed by atoms with van der Waals surface area (Å²) in [5, 5.41) is 9.04. The van der Waals surface area contributed by atoms with Crippen molar-refractivity contribution in [2.24, 2.45) is 5.73 Å². The third kappa shape index (κ3) is 4.46. The summed E-state index contributed by atoms with van der Waals surface area (Å²) in [5.41, 5.74) is 9.32. The van der Waals surface area contributed by atoms with Gasteiger partial charge in [-0.15, -0.1) is 11.8 Å². The molecule has 0 spiro atoms. The molecule has 3 nitrogen and oxygen atoms in total. The molecule has 0 saturated carbocycles. The molecular weight excluding hydrogens is 366 g/mol. The summed E-state index contributed by atoms with van der Waals surface area (Å²) in [6, 6.07) is 30.7. The number of nitrogens with two attached hydrogens (primary N) is 1. The van der Waals surface area contributed by atoms with Gasteiger partial charge in [-0.1, -0.05) is 91.0 Å². The van der Waals surface area contributed by atoms with Gasteiger partial charge in [-0.05, 0) is 35.3 Å². The van der Waals surface area contributed by atoms with Crippen LogP contribution in [-0.2, 0) is 9.54 Å². The fourth-order valence-corrected chi connectivity index (χ4v) is 4.95. The molecule has 28 heavy (non-hydrogen) atoms. The van der Waals surface area contributed by atoms with E-state index in [1.165, 1.54) is 16.7 Å². The average Bonchev–Trinajstić information content (AvgIpc) is 2.75. The van der Waals surface area contributed by atoms with Crippen LogP contribution in [0.3, 0.4) is 0 Å². The lowest BCUT2D eigenvalue weighted by atomic mass is 9.84. The highest BCUT2D eigenvalue weighted by Crippen LogP contribution is 2.48. The zero-order chi connectivity index (χ0) is 19.8. The van der Waals surface area contributed by atoms with E-state index >= 15 is 0 Å². The Labute approximate surface area is 170 Å². The van der Waals surface area contributed by atoms with Crippen LogP contribution in [-0.4, -0.2) is 22.9 Å². The number of aliphatic carboxylic acids is 1. The van der Waals surface area contributed by atoms with Crippen LogP contribution >= 0.6 is 11.8 Å². The lowest BCUT2D eigenvalue weighted by Gasteiger charge is -2.35. The van der Waals surface area contributed by atoms with Crippen LogP contribution < -0.4 is 5.73 Å². The molecule has 3 rings (SSSR count). The first-order valence-electron chi connectivity index (χ1n) is 9.43. The van der Waals surface area contributed by atoms with Crippen molar-refractivity contribution in [2.45, 2.75) is 23.6 Å². The molecule has 0 saturated heterocycles. The van der Waals surface area contributed by atoms with Gasteiger partial charge in [-0.3, -0.25) is 4.79 Å². The fourth-order valence-electron chi connectivity index (χ4n) is 3.42. The van der Waals surface area contributed by atoms with E-state index in [2.05, 4.69) is 72.8 Å². The molecule has 0 amide bonds. The first-order valence-corrected chi connectivity index (χ1v) is 10.4. The van der Waals surface area contributed by atoms with E-state index in [4.69, 9.17) is 10.8 Å². The number of rotatable bonds is 9. The molecule has 0 radical (unpaired) electrons. The third-order valence-corrected chi connectivity index (χ3v) is 6.47. The second-order valence-corrected chi connectivity index (χ2v) is 8.02. The second-order valence-electron chi connectivity index (χ2n) is 6.71. The van der Waals surface area contributed by atoms with E-state index in [0.717, 1.165) is 12.2 Å². The van der Waals surface area contributed by atoms with Crippen LogP contribution in [0.15, 0.2) is 91.0 Å². The minimum atomic E-state index is -0.939. The maximum absolute atomic E-state index is 11.0. The normalized spacial score (nSPS) is 12.5. The van der Waals surface area contributed by atoms with Crippen molar-refractivity contribution in [3.63, 3.8) is 0 Å². The van der Waals surface area contributed by atoms with Crippen molar-refractivity contribution in [2.75, 3.05) is 5.75 Å². The maximum Gasteiger partial charge on any atom is 0.320 e. The molecule has 0 fully saturated rings. The van der Waals surface area contributed by atoms with Gasteiger partial charge in [0.1, 0.15) is 6.04 Å². The summed E-state index contributed by atoms with van der Waals surface area (Å²) in [5.74, 6) is -0.134. The van der Waals surface area contributed by atoms with Crippen molar-refractivity contribution in [1.29, 1.82) is 0 Å². The topological polar surface area (TPSA) is 63.3 Å². The van der Waals surface area contributed by atoms with Crippen LogP contribution in [0.1, 0.15) is 29.5 Å². The number of benzene rings is 3. The van der Waals surface area contributed by atoms with Crippen LogP contribution in [0.2, 0.25) is 0 Å². The minimum absolute atomic E-state index is 0.364. The number of carboxylic acids is 1. The molecule has 0 heterocycles. The summed E-state index contributed by atoms with van der Waals surface area (Å²) < 4.78 is -0.364. The Balaban J connectivity index is 2.00. The monoisotopic (exact) mass is 391 g/mol. The molecule has 3 aromatic carbocycles. The highest BCUT2D eigenvalue weighted by atomic mass is 32.2. The van der Waals surface area contributed by atoms with E-state index in [0.29, 0.717) is 6.42 Å². The molecule has 1 unspecified atom stereocenters. The zero-order valence-electron chi connectivity index (χ0n) is 15.7. The Morgan fingerprint density at radius 3 is 1.57 bits per heavy atom. The highest BCUT2D eigenvalue weighted by molar-refractivity contribution is 8.00. The molecule has 0 aliphatic carbocycles. The van der Waals surface area contributed by atoms with Crippen LogP contribution in [0, 0.1) is 0 Å². The number of thioether (sulfide) groups is 1. The molecule has 1 atom stereocenters. The average molecular weight is 392 g/mol. The van der Waals surface area contributed by atoms with Crippen molar-refractivity contribution < 1.29 is 9.90 Å². The van der Waals surface area contributed by atoms with Crippen LogP contribution in [0.25, 0.3) is 0 Å². The second kappa shape index (κ2) is 9.58. The summed E-state index contributed by atoms with van der Waals surface area (Å²) in [4.78, 5) is 11.0. The molecule has 3 N–H and O–H groups in total. The number of hydrogen-bond acceptors (Lipinski definition) is 3. The molecular formula is C24H25NO2S. The smallest absolute Gasteiger partial charge is 0.320 e. The number of carboxylic acid groups (broad SMARTS) is 1. The summed E-state index contributed by atoms with van der Waals surface area (Å²) in [7, 11) is 0. The fraction of sp³-hybridized carbons (Fsp3) is 0.208. The van der Waals surface area contributed by atoms with Crippen molar-refractivity contribution in [3.05, 3.63) is 108 Å². The standard InChI is InChI=1S/C24H25NO2S/c25-22(23(26)27)17-10-18-28-24(19-11-4-1-5-12-19,20-13-6-2-7-14-20)21-15-8-3-9-16-21/h1-9,11-16,22H,10,17-18,25H2,(H,26,27). The quantitative estimate of drug-likeness (QED) is 0.402. The van der Waals surface area contributed by atoms with E-state index in [1.54, 1.807) is 0 Å². The van der Waals surface area contributed by atoms with Gasteiger partial charge in [0.2, 0.25) is 0 Å². The van der Waals surface area contributed by atoms with Crippen molar-refractivity contribution in [3.8, 4) is 0 Å². The first-order chi connectivity index (χ1) is 13.6. The predicted molar refractivity (Wildman–Crippen MR) is 117 cm³/mol. The van der Waals surface area contributed by atoms with Gasteiger partial charge >= 0.3 is 5.97 Å². The molecule has 0 bridgehead atoms. The lowest BCUT2D eigenvalue weighted by Crippen LogP contribution is -2.30. The van der Waals surface area contributed by atoms with Gasteiger partial charge < -0.3 is 10.8 Å². The van der Waals surface area contributed by atoms with Crippen molar-refractivity contribution in [1.82, 2.24) is 0 Å². The van der Waals surface area contributed by atoms with E-state index in [1.807, 2.05) is 30.0 Å². The third-order valence-electron chi connectivity index (χ3n) is 4.84. The zero-order valence-corrected chi connectivity index (χ0v) is 16.5. The molecule has 0 aromatic heterocycles. The molecule has 3 aromatic rings.